The number of halogens is 1. The van der Waals surface area contributed by atoms with Crippen molar-refractivity contribution in [3.8, 4) is 0 Å². The molecule has 6 heteroatoms. The Bertz CT molecular complexity index is 608. The molecule has 25 heavy (non-hydrogen) atoms. The zero-order valence-electron chi connectivity index (χ0n) is 14.6. The molecule has 5 nitrogen and oxygen atoms in total. The first kappa shape index (κ1) is 18.2. The Balaban J connectivity index is 1.46. The van der Waals surface area contributed by atoms with Crippen molar-refractivity contribution in [3.63, 3.8) is 0 Å². The highest BCUT2D eigenvalue weighted by Gasteiger charge is 2.32. The van der Waals surface area contributed by atoms with Crippen LogP contribution >= 0.6 is 11.6 Å². The van der Waals surface area contributed by atoms with Gasteiger partial charge in [-0.3, -0.25) is 9.59 Å². The van der Waals surface area contributed by atoms with Gasteiger partial charge in [-0.1, -0.05) is 23.7 Å². The van der Waals surface area contributed by atoms with Crippen molar-refractivity contribution in [2.45, 2.75) is 44.7 Å². The summed E-state index contributed by atoms with van der Waals surface area (Å²) in [6.07, 6.45) is 4.06. The van der Waals surface area contributed by atoms with Crippen LogP contribution < -0.4 is 10.6 Å². The van der Waals surface area contributed by atoms with E-state index in [-0.39, 0.29) is 23.9 Å². The summed E-state index contributed by atoms with van der Waals surface area (Å²) < 4.78 is 0. The maximum absolute atomic E-state index is 12.3. The molecular formula is C19H26ClN3O2. The Morgan fingerprint density at radius 2 is 1.80 bits per heavy atom. The Labute approximate surface area is 154 Å². The lowest BCUT2D eigenvalue weighted by molar-refractivity contribution is -0.130. The number of hydrogen-bond donors (Lipinski definition) is 2. The molecular weight excluding hydrogens is 338 g/mol. The third kappa shape index (κ3) is 5.19. The average molecular weight is 364 g/mol. The molecule has 1 unspecified atom stereocenters. The Kier molecular flexibility index (Phi) is 5.97. The van der Waals surface area contributed by atoms with Crippen molar-refractivity contribution in [1.82, 2.24) is 15.5 Å². The largest absolute Gasteiger partial charge is 0.352 e. The lowest BCUT2D eigenvalue weighted by Crippen LogP contribution is -2.48. The predicted octanol–water partition coefficient (Wildman–Crippen LogP) is 2.51. The number of likely N-dealkylation sites (tertiary alicyclic amines) is 1. The van der Waals surface area contributed by atoms with Crippen LogP contribution in [0.2, 0.25) is 5.02 Å². The molecule has 1 aromatic rings. The smallest absolute Gasteiger partial charge is 0.234 e. The molecule has 1 saturated heterocycles. The van der Waals surface area contributed by atoms with E-state index >= 15 is 0 Å². The summed E-state index contributed by atoms with van der Waals surface area (Å²) in [5.74, 6) is 0.746. The van der Waals surface area contributed by atoms with Crippen LogP contribution in [0.15, 0.2) is 24.3 Å². The second kappa shape index (κ2) is 8.19. The van der Waals surface area contributed by atoms with Gasteiger partial charge in [0.15, 0.2) is 0 Å². The summed E-state index contributed by atoms with van der Waals surface area (Å²) in [4.78, 5) is 25.5. The molecule has 1 aliphatic carbocycles. The van der Waals surface area contributed by atoms with E-state index in [4.69, 9.17) is 11.6 Å². The molecule has 3 rings (SSSR count). The minimum Gasteiger partial charge on any atom is -0.352 e. The molecule has 136 valence electrons. The van der Waals surface area contributed by atoms with E-state index in [1.807, 2.05) is 29.2 Å². The fourth-order valence-electron chi connectivity index (χ4n) is 3.48. The van der Waals surface area contributed by atoms with Gasteiger partial charge in [-0.05, 0) is 49.3 Å². The lowest BCUT2D eigenvalue weighted by Gasteiger charge is -2.31. The van der Waals surface area contributed by atoms with E-state index in [1.54, 1.807) is 6.92 Å². The molecule has 0 spiro atoms. The molecule has 1 heterocycles. The zero-order valence-corrected chi connectivity index (χ0v) is 15.4. The number of nitrogens with zero attached hydrogens (tertiary/aromatic N) is 1. The molecule has 0 aromatic heterocycles. The monoisotopic (exact) mass is 363 g/mol. The molecule has 1 aliphatic heterocycles. The van der Waals surface area contributed by atoms with E-state index in [1.165, 1.54) is 18.4 Å². The Morgan fingerprint density at radius 3 is 2.36 bits per heavy atom. The minimum absolute atomic E-state index is 0.0286. The highest BCUT2D eigenvalue weighted by molar-refractivity contribution is 6.30. The molecule has 2 amide bonds. The number of hydrogen-bond acceptors (Lipinski definition) is 3. The summed E-state index contributed by atoms with van der Waals surface area (Å²) in [5, 5.41) is 7.24. The molecule has 2 aliphatic rings. The van der Waals surface area contributed by atoms with E-state index in [0.29, 0.717) is 12.5 Å². The zero-order chi connectivity index (χ0) is 17.8. The van der Waals surface area contributed by atoms with Crippen LogP contribution in [-0.4, -0.2) is 42.4 Å². The van der Waals surface area contributed by atoms with Gasteiger partial charge in [0.2, 0.25) is 11.8 Å². The summed E-state index contributed by atoms with van der Waals surface area (Å²) in [6, 6.07) is 8.25. The van der Waals surface area contributed by atoms with Crippen LogP contribution in [0.4, 0.5) is 0 Å². The van der Waals surface area contributed by atoms with E-state index in [0.717, 1.165) is 31.0 Å². The van der Waals surface area contributed by atoms with Gasteiger partial charge in [0.1, 0.15) is 0 Å². The van der Waals surface area contributed by atoms with Gasteiger partial charge in [-0.25, -0.2) is 0 Å². The number of amides is 2. The van der Waals surface area contributed by atoms with Crippen molar-refractivity contribution < 1.29 is 9.59 Å². The summed E-state index contributed by atoms with van der Waals surface area (Å²) >= 11 is 5.97. The number of rotatable bonds is 6. The number of nitrogens with one attached hydrogen (secondary N) is 2. The van der Waals surface area contributed by atoms with E-state index in [2.05, 4.69) is 10.6 Å². The van der Waals surface area contributed by atoms with Gasteiger partial charge >= 0.3 is 0 Å². The number of piperidine rings is 1. The third-order valence-electron chi connectivity index (χ3n) is 5.11. The van der Waals surface area contributed by atoms with Crippen molar-refractivity contribution >= 4 is 23.4 Å². The maximum atomic E-state index is 12.3. The van der Waals surface area contributed by atoms with Crippen LogP contribution in [0.1, 0.15) is 44.2 Å². The predicted molar refractivity (Wildman–Crippen MR) is 98.3 cm³/mol. The first-order valence-electron chi connectivity index (χ1n) is 9.06. The van der Waals surface area contributed by atoms with Gasteiger partial charge in [-0.15, -0.1) is 0 Å². The summed E-state index contributed by atoms with van der Waals surface area (Å²) in [6.45, 7) is 3.36. The number of carbonyl (C=O) groups is 2. The molecule has 1 atom stereocenters. The molecule has 0 radical (unpaired) electrons. The van der Waals surface area contributed by atoms with Gasteiger partial charge in [0.05, 0.1) is 6.54 Å². The molecule has 2 fully saturated rings. The van der Waals surface area contributed by atoms with E-state index in [9.17, 15) is 9.59 Å². The Morgan fingerprint density at radius 1 is 1.16 bits per heavy atom. The van der Waals surface area contributed by atoms with Crippen LogP contribution in [0.25, 0.3) is 0 Å². The van der Waals surface area contributed by atoms with Crippen LogP contribution in [0, 0.1) is 5.92 Å². The van der Waals surface area contributed by atoms with Crippen molar-refractivity contribution in [2.75, 3.05) is 19.6 Å². The topological polar surface area (TPSA) is 61.4 Å². The first-order valence-corrected chi connectivity index (χ1v) is 9.44. The standard InChI is InChI=1S/C19H26ClN3O2/c1-13(24)23-10-8-17(9-11-23)22-18(25)12-21-19(14-2-3-14)15-4-6-16(20)7-5-15/h4-7,14,17,19,21H,2-3,8-12H2,1H3,(H,22,25). The third-order valence-corrected chi connectivity index (χ3v) is 5.36. The Hall–Kier alpha value is -1.59. The van der Waals surface area contributed by atoms with Gasteiger partial charge in [0.25, 0.3) is 0 Å². The van der Waals surface area contributed by atoms with Crippen molar-refractivity contribution in [2.24, 2.45) is 5.92 Å². The van der Waals surface area contributed by atoms with Crippen LogP contribution in [0.3, 0.4) is 0 Å². The fourth-order valence-corrected chi connectivity index (χ4v) is 3.60. The van der Waals surface area contributed by atoms with Crippen molar-refractivity contribution in [3.05, 3.63) is 34.9 Å². The van der Waals surface area contributed by atoms with Gasteiger partial charge in [0, 0.05) is 37.1 Å². The van der Waals surface area contributed by atoms with Gasteiger partial charge < -0.3 is 15.5 Å². The van der Waals surface area contributed by atoms with Crippen molar-refractivity contribution in [1.29, 1.82) is 0 Å². The quantitative estimate of drug-likeness (QED) is 0.816. The number of benzene rings is 1. The maximum Gasteiger partial charge on any atom is 0.234 e. The van der Waals surface area contributed by atoms with Gasteiger partial charge in [-0.2, -0.15) is 0 Å². The van der Waals surface area contributed by atoms with E-state index < -0.39 is 0 Å². The summed E-state index contributed by atoms with van der Waals surface area (Å²) in [7, 11) is 0. The fraction of sp³-hybridized carbons (Fsp3) is 0.579. The lowest BCUT2D eigenvalue weighted by atomic mass is 10.0. The van der Waals surface area contributed by atoms with Crippen LogP contribution in [-0.2, 0) is 9.59 Å². The second-order valence-electron chi connectivity index (χ2n) is 7.10. The number of carbonyl (C=O) groups excluding carboxylic acids is 2. The molecule has 0 bridgehead atoms. The summed E-state index contributed by atoms with van der Waals surface area (Å²) in [5.41, 5.74) is 1.19. The highest BCUT2D eigenvalue weighted by Crippen LogP contribution is 2.41. The molecule has 1 saturated carbocycles. The minimum atomic E-state index is 0.0286. The first-order chi connectivity index (χ1) is 12.0. The van der Waals surface area contributed by atoms with Crippen LogP contribution in [0.5, 0.6) is 0 Å². The SMILES string of the molecule is CC(=O)N1CCC(NC(=O)CNC(c2ccc(Cl)cc2)C2CC2)CC1. The highest BCUT2D eigenvalue weighted by atomic mass is 35.5. The molecule has 2 N–H and O–H groups in total. The average Bonchev–Trinajstić information content (AvgIpc) is 3.42. The second-order valence-corrected chi connectivity index (χ2v) is 7.53. The normalized spacial score (nSPS) is 19.5. The molecule has 1 aromatic carbocycles.